The summed E-state index contributed by atoms with van der Waals surface area (Å²) in [5.74, 6) is 2.55. The van der Waals surface area contributed by atoms with Crippen molar-refractivity contribution in [1.82, 2.24) is 4.98 Å². The van der Waals surface area contributed by atoms with Gasteiger partial charge >= 0.3 is 0 Å². The second kappa shape index (κ2) is 4.30. The Kier molecular flexibility index (Phi) is 3.21. The minimum absolute atomic E-state index is 0.708. The third-order valence-electron chi connectivity index (χ3n) is 2.93. The summed E-state index contributed by atoms with van der Waals surface area (Å²) in [6.45, 7) is 3.34. The second-order valence-electron chi connectivity index (χ2n) is 4.31. The lowest BCUT2D eigenvalue weighted by molar-refractivity contribution is 0.719. The number of pyridine rings is 1. The number of hydrogen-bond donors (Lipinski definition) is 0. The molecule has 1 saturated carbocycles. The van der Waals surface area contributed by atoms with Crippen LogP contribution in [0.4, 0.5) is 5.82 Å². The highest BCUT2D eigenvalue weighted by Crippen LogP contribution is 2.39. The van der Waals surface area contributed by atoms with Gasteiger partial charge in [-0.1, -0.05) is 18.5 Å². The first-order valence-corrected chi connectivity index (χ1v) is 6.27. The Morgan fingerprint density at radius 3 is 2.87 bits per heavy atom. The summed E-state index contributed by atoms with van der Waals surface area (Å²) in [4.78, 5) is 6.47. The molecule has 1 heterocycles. The van der Waals surface area contributed by atoms with E-state index in [2.05, 4.69) is 32.7 Å². The molecule has 0 N–H and O–H groups in total. The van der Waals surface area contributed by atoms with Crippen molar-refractivity contribution in [3.63, 3.8) is 0 Å². The number of nitrogens with zero attached hydrogens (tertiary/aromatic N) is 2. The third kappa shape index (κ3) is 2.64. The van der Waals surface area contributed by atoms with Gasteiger partial charge in [0.05, 0.1) is 5.02 Å². The van der Waals surface area contributed by atoms with E-state index in [1.54, 1.807) is 6.20 Å². The summed E-state index contributed by atoms with van der Waals surface area (Å²) in [7, 11) is 2.05. The molecule has 1 fully saturated rings. The molecular weight excluding hydrogens is 275 g/mol. The van der Waals surface area contributed by atoms with Gasteiger partial charge in [-0.3, -0.25) is 0 Å². The number of halogens is 2. The summed E-state index contributed by atoms with van der Waals surface area (Å²) in [6, 6.07) is 1.89. The van der Waals surface area contributed by atoms with E-state index in [4.69, 9.17) is 11.6 Å². The van der Waals surface area contributed by atoms with E-state index < -0.39 is 0 Å². The van der Waals surface area contributed by atoms with E-state index in [1.165, 1.54) is 6.42 Å². The summed E-state index contributed by atoms with van der Waals surface area (Å²) in [6.07, 6.45) is 3.12. The molecule has 1 aromatic heterocycles. The number of hydrogen-bond acceptors (Lipinski definition) is 2. The maximum Gasteiger partial charge on any atom is 0.147 e. The molecule has 0 amide bonds. The molecule has 2 rings (SSSR count). The van der Waals surface area contributed by atoms with Crippen molar-refractivity contribution in [3.05, 3.63) is 21.8 Å². The average Bonchev–Trinajstić information content (AvgIpc) is 2.81. The zero-order valence-corrected chi connectivity index (χ0v) is 11.2. The standard InChI is InChI=1S/C11H14BrClN2/c1-7-3-8(7)6-15(2)11-10(13)4-9(12)5-14-11/h4-5,7-8H,3,6H2,1-2H3. The van der Waals surface area contributed by atoms with Crippen LogP contribution in [0.5, 0.6) is 0 Å². The highest BCUT2D eigenvalue weighted by molar-refractivity contribution is 9.10. The minimum atomic E-state index is 0.708. The van der Waals surface area contributed by atoms with Gasteiger partial charge in [0.1, 0.15) is 5.82 Å². The average molecular weight is 290 g/mol. The zero-order chi connectivity index (χ0) is 11.0. The number of anilines is 1. The van der Waals surface area contributed by atoms with Crippen LogP contribution in [0.1, 0.15) is 13.3 Å². The van der Waals surface area contributed by atoms with E-state index in [0.717, 1.165) is 28.7 Å². The van der Waals surface area contributed by atoms with Gasteiger partial charge in [-0.15, -0.1) is 0 Å². The van der Waals surface area contributed by atoms with Crippen LogP contribution in [-0.4, -0.2) is 18.6 Å². The zero-order valence-electron chi connectivity index (χ0n) is 8.87. The number of rotatable bonds is 3. The molecule has 1 aliphatic carbocycles. The number of aromatic nitrogens is 1. The van der Waals surface area contributed by atoms with Crippen molar-refractivity contribution >= 4 is 33.3 Å². The fourth-order valence-corrected chi connectivity index (χ4v) is 2.55. The van der Waals surface area contributed by atoms with Crippen LogP contribution in [0.2, 0.25) is 5.02 Å². The lowest BCUT2D eigenvalue weighted by atomic mass is 10.3. The van der Waals surface area contributed by atoms with Crippen molar-refractivity contribution < 1.29 is 0 Å². The van der Waals surface area contributed by atoms with Crippen molar-refractivity contribution in [1.29, 1.82) is 0 Å². The van der Waals surface area contributed by atoms with E-state index in [0.29, 0.717) is 5.02 Å². The molecule has 0 radical (unpaired) electrons. The van der Waals surface area contributed by atoms with Crippen LogP contribution < -0.4 is 4.90 Å². The van der Waals surface area contributed by atoms with Gasteiger partial charge in [0.25, 0.3) is 0 Å². The van der Waals surface area contributed by atoms with E-state index in [9.17, 15) is 0 Å². The molecule has 0 saturated heterocycles. The molecule has 0 spiro atoms. The van der Waals surface area contributed by atoms with Gasteiger partial charge < -0.3 is 4.90 Å². The molecule has 1 aliphatic rings. The first-order chi connectivity index (χ1) is 7.08. The molecular formula is C11H14BrClN2. The fourth-order valence-electron chi connectivity index (χ4n) is 1.78. The monoisotopic (exact) mass is 288 g/mol. The lowest BCUT2D eigenvalue weighted by Crippen LogP contribution is -2.21. The molecule has 2 atom stereocenters. The summed E-state index contributed by atoms with van der Waals surface area (Å²) < 4.78 is 0.921. The van der Waals surface area contributed by atoms with E-state index >= 15 is 0 Å². The van der Waals surface area contributed by atoms with Crippen LogP contribution in [-0.2, 0) is 0 Å². The quantitative estimate of drug-likeness (QED) is 0.845. The maximum absolute atomic E-state index is 6.13. The Labute approximate surface area is 104 Å². The van der Waals surface area contributed by atoms with Crippen LogP contribution in [0.25, 0.3) is 0 Å². The summed E-state index contributed by atoms with van der Waals surface area (Å²) in [5.41, 5.74) is 0. The molecule has 1 aromatic rings. The Hall–Kier alpha value is -0.280. The largest absolute Gasteiger partial charge is 0.358 e. The Morgan fingerprint density at radius 2 is 2.33 bits per heavy atom. The minimum Gasteiger partial charge on any atom is -0.358 e. The van der Waals surface area contributed by atoms with Crippen LogP contribution >= 0.6 is 27.5 Å². The smallest absolute Gasteiger partial charge is 0.147 e. The van der Waals surface area contributed by atoms with Crippen molar-refractivity contribution in [2.45, 2.75) is 13.3 Å². The molecule has 0 aromatic carbocycles. The molecule has 4 heteroatoms. The first kappa shape index (κ1) is 11.2. The fraction of sp³-hybridized carbons (Fsp3) is 0.545. The van der Waals surface area contributed by atoms with Gasteiger partial charge in [0.2, 0.25) is 0 Å². The predicted octanol–water partition coefficient (Wildman–Crippen LogP) is 3.59. The molecule has 2 unspecified atom stereocenters. The highest BCUT2D eigenvalue weighted by atomic mass is 79.9. The van der Waals surface area contributed by atoms with Gasteiger partial charge in [-0.2, -0.15) is 0 Å². The van der Waals surface area contributed by atoms with Crippen molar-refractivity contribution in [2.24, 2.45) is 11.8 Å². The van der Waals surface area contributed by atoms with E-state index in [1.807, 2.05) is 13.1 Å². The Morgan fingerprint density at radius 1 is 1.67 bits per heavy atom. The molecule has 2 nitrogen and oxygen atoms in total. The first-order valence-electron chi connectivity index (χ1n) is 5.10. The summed E-state index contributed by atoms with van der Waals surface area (Å²) >= 11 is 9.48. The van der Waals surface area contributed by atoms with Crippen molar-refractivity contribution in [3.8, 4) is 0 Å². The van der Waals surface area contributed by atoms with Gasteiger partial charge in [-0.25, -0.2) is 4.98 Å². The Balaban J connectivity index is 2.07. The Bertz CT molecular complexity index is 370. The van der Waals surface area contributed by atoms with Gasteiger partial charge in [-0.05, 0) is 40.3 Å². The molecule has 15 heavy (non-hydrogen) atoms. The topological polar surface area (TPSA) is 16.1 Å². The third-order valence-corrected chi connectivity index (χ3v) is 3.65. The maximum atomic E-state index is 6.13. The molecule has 0 bridgehead atoms. The summed E-state index contributed by atoms with van der Waals surface area (Å²) in [5, 5.41) is 0.708. The highest BCUT2D eigenvalue weighted by Gasteiger charge is 2.33. The van der Waals surface area contributed by atoms with Crippen molar-refractivity contribution in [2.75, 3.05) is 18.5 Å². The van der Waals surface area contributed by atoms with Gasteiger partial charge in [0, 0.05) is 24.3 Å². The normalized spacial score (nSPS) is 24.0. The molecule has 0 aliphatic heterocycles. The van der Waals surface area contributed by atoms with E-state index in [-0.39, 0.29) is 0 Å². The lowest BCUT2D eigenvalue weighted by Gasteiger charge is -2.19. The molecule has 82 valence electrons. The van der Waals surface area contributed by atoms with Gasteiger partial charge in [0.15, 0.2) is 0 Å². The predicted molar refractivity (Wildman–Crippen MR) is 67.5 cm³/mol. The van der Waals surface area contributed by atoms with Crippen LogP contribution in [0.15, 0.2) is 16.7 Å². The second-order valence-corrected chi connectivity index (χ2v) is 5.64. The van der Waals surface area contributed by atoms with Crippen LogP contribution in [0, 0.1) is 11.8 Å². The van der Waals surface area contributed by atoms with Crippen LogP contribution in [0.3, 0.4) is 0 Å². The SMILES string of the molecule is CC1CC1CN(C)c1ncc(Br)cc1Cl.